The minimum Gasteiger partial charge on any atom is -0.496 e. The van der Waals surface area contributed by atoms with Crippen LogP contribution >= 0.6 is 0 Å². The summed E-state index contributed by atoms with van der Waals surface area (Å²) in [4.78, 5) is 16.2. The molecule has 2 N–H and O–H groups in total. The number of hydrogen-bond acceptors (Lipinski definition) is 5. The zero-order chi connectivity index (χ0) is 17.9. The Morgan fingerprint density at radius 2 is 2.24 bits per heavy atom. The Kier molecular flexibility index (Phi) is 5.06. The average Bonchev–Trinajstić information content (AvgIpc) is 3.26. The number of hydrogen-bond donors (Lipinski definition) is 2. The number of aromatic amines is 1. The third-order valence-electron chi connectivity index (χ3n) is 4.71. The molecular formula is C18H24N4O3. The lowest BCUT2D eigenvalue weighted by Gasteiger charge is -2.24. The molecule has 0 spiro atoms. The average molecular weight is 344 g/mol. The van der Waals surface area contributed by atoms with Gasteiger partial charge in [0.05, 0.1) is 19.3 Å². The number of benzene rings is 1. The molecule has 2 heterocycles. The number of β-amino-alcohol motifs (C(OH)–C–C–N with tert-alkyl or cyclic N) is 1. The number of methoxy groups -OCH3 is 1. The summed E-state index contributed by atoms with van der Waals surface area (Å²) < 4.78 is 5.34. The fourth-order valence-electron chi connectivity index (χ4n) is 3.23. The highest BCUT2D eigenvalue weighted by Crippen LogP contribution is 2.30. The van der Waals surface area contributed by atoms with Crippen LogP contribution in [0.3, 0.4) is 0 Å². The lowest BCUT2D eigenvalue weighted by atomic mass is 9.99. The minimum atomic E-state index is -0.960. The second kappa shape index (κ2) is 7.25. The van der Waals surface area contributed by atoms with E-state index in [9.17, 15) is 9.90 Å². The molecule has 25 heavy (non-hydrogen) atoms. The van der Waals surface area contributed by atoms with Crippen LogP contribution in [0, 0.1) is 0 Å². The van der Waals surface area contributed by atoms with Gasteiger partial charge in [-0.1, -0.05) is 18.2 Å². The summed E-state index contributed by atoms with van der Waals surface area (Å²) in [7, 11) is 3.41. The maximum absolute atomic E-state index is 12.5. The van der Waals surface area contributed by atoms with Crippen LogP contribution in [-0.2, 0) is 16.9 Å². The fraction of sp³-hybridized carbons (Fsp3) is 0.444. The van der Waals surface area contributed by atoms with E-state index >= 15 is 0 Å². The van der Waals surface area contributed by atoms with Crippen molar-refractivity contribution in [1.82, 2.24) is 20.0 Å². The molecule has 1 aliphatic heterocycles. The first-order chi connectivity index (χ1) is 12.0. The number of likely N-dealkylation sites (tertiary alicyclic amines) is 1. The SMILES string of the molecule is COc1ccccc1CN(C)C(=O)CN1CCC(O)(c2ccn[nH]2)C1. The Labute approximate surface area is 147 Å². The van der Waals surface area contributed by atoms with Crippen LogP contribution in [0.1, 0.15) is 17.7 Å². The van der Waals surface area contributed by atoms with Crippen LogP contribution < -0.4 is 4.74 Å². The molecule has 0 saturated carbocycles. The predicted molar refractivity (Wildman–Crippen MR) is 93.0 cm³/mol. The number of carbonyl (C=O) groups excluding carboxylic acids is 1. The molecule has 134 valence electrons. The van der Waals surface area contributed by atoms with Gasteiger partial charge in [0, 0.05) is 38.4 Å². The predicted octanol–water partition coefficient (Wildman–Crippen LogP) is 0.970. The largest absolute Gasteiger partial charge is 0.496 e. The number of ether oxygens (including phenoxy) is 1. The number of para-hydroxylation sites is 1. The van der Waals surface area contributed by atoms with E-state index in [1.54, 1.807) is 31.3 Å². The van der Waals surface area contributed by atoms with Crippen molar-refractivity contribution in [3.8, 4) is 5.75 Å². The van der Waals surface area contributed by atoms with Crippen LogP contribution in [0.4, 0.5) is 0 Å². The minimum absolute atomic E-state index is 0.0137. The fourth-order valence-corrected chi connectivity index (χ4v) is 3.23. The van der Waals surface area contributed by atoms with E-state index in [1.165, 1.54) is 0 Å². The smallest absolute Gasteiger partial charge is 0.236 e. The van der Waals surface area contributed by atoms with E-state index in [0.717, 1.165) is 11.3 Å². The van der Waals surface area contributed by atoms with Gasteiger partial charge in [-0.05, 0) is 18.6 Å². The Hall–Kier alpha value is -2.38. The molecule has 0 radical (unpaired) electrons. The molecule has 1 amide bonds. The number of aromatic nitrogens is 2. The highest BCUT2D eigenvalue weighted by Gasteiger charge is 2.39. The highest BCUT2D eigenvalue weighted by atomic mass is 16.5. The third kappa shape index (κ3) is 3.83. The second-order valence-electron chi connectivity index (χ2n) is 6.52. The summed E-state index contributed by atoms with van der Waals surface area (Å²) in [5, 5.41) is 17.4. The molecule has 3 rings (SSSR count). The van der Waals surface area contributed by atoms with Gasteiger partial charge in [0.1, 0.15) is 11.4 Å². The zero-order valence-electron chi connectivity index (χ0n) is 14.6. The molecule has 7 heteroatoms. The van der Waals surface area contributed by atoms with Crippen molar-refractivity contribution >= 4 is 5.91 Å². The van der Waals surface area contributed by atoms with Gasteiger partial charge in [-0.25, -0.2) is 0 Å². The first kappa shape index (κ1) is 17.4. The van der Waals surface area contributed by atoms with Gasteiger partial charge in [-0.3, -0.25) is 14.8 Å². The molecule has 2 aromatic rings. The van der Waals surface area contributed by atoms with Gasteiger partial charge in [-0.2, -0.15) is 5.10 Å². The Bertz CT molecular complexity index is 719. The summed E-state index contributed by atoms with van der Waals surface area (Å²) in [6.07, 6.45) is 2.21. The van der Waals surface area contributed by atoms with E-state index in [2.05, 4.69) is 10.2 Å². The standard InChI is InChI=1S/C18H24N4O3/c1-21(11-14-5-3-4-6-15(14)25-2)17(23)12-22-10-8-18(24,13-22)16-7-9-19-20-16/h3-7,9,24H,8,10-13H2,1-2H3,(H,19,20). The molecule has 1 aromatic heterocycles. The highest BCUT2D eigenvalue weighted by molar-refractivity contribution is 5.78. The number of aliphatic hydroxyl groups is 1. The molecule has 1 aliphatic rings. The van der Waals surface area contributed by atoms with E-state index in [4.69, 9.17) is 4.74 Å². The van der Waals surface area contributed by atoms with Crippen molar-refractivity contribution in [3.05, 3.63) is 47.8 Å². The summed E-state index contributed by atoms with van der Waals surface area (Å²) in [5.41, 5.74) is 0.707. The maximum atomic E-state index is 12.5. The number of rotatable bonds is 6. The number of nitrogens with one attached hydrogen (secondary N) is 1. The van der Waals surface area contributed by atoms with Crippen molar-refractivity contribution in [2.45, 2.75) is 18.6 Å². The molecule has 1 fully saturated rings. The maximum Gasteiger partial charge on any atom is 0.236 e. The number of nitrogens with zero attached hydrogens (tertiary/aromatic N) is 3. The number of likely N-dealkylation sites (N-methyl/N-ethyl adjacent to an activating group) is 1. The van der Waals surface area contributed by atoms with Crippen LogP contribution in [0.25, 0.3) is 0 Å². The first-order valence-corrected chi connectivity index (χ1v) is 8.32. The van der Waals surface area contributed by atoms with Crippen LogP contribution in [0.15, 0.2) is 36.5 Å². The summed E-state index contributed by atoms with van der Waals surface area (Å²) in [6.45, 7) is 1.86. The van der Waals surface area contributed by atoms with Crippen LogP contribution in [-0.4, -0.2) is 64.8 Å². The lowest BCUT2D eigenvalue weighted by Crippen LogP contribution is -2.39. The van der Waals surface area contributed by atoms with Crippen molar-refractivity contribution in [1.29, 1.82) is 0 Å². The van der Waals surface area contributed by atoms with E-state index in [-0.39, 0.29) is 12.5 Å². The molecule has 1 aromatic carbocycles. The van der Waals surface area contributed by atoms with E-state index in [0.29, 0.717) is 31.7 Å². The molecule has 1 atom stereocenters. The Morgan fingerprint density at radius 1 is 1.44 bits per heavy atom. The van der Waals surface area contributed by atoms with Gasteiger partial charge in [0.25, 0.3) is 0 Å². The lowest BCUT2D eigenvalue weighted by molar-refractivity contribution is -0.131. The monoisotopic (exact) mass is 344 g/mol. The Balaban J connectivity index is 1.57. The van der Waals surface area contributed by atoms with Gasteiger partial charge in [0.15, 0.2) is 0 Å². The van der Waals surface area contributed by atoms with Crippen molar-refractivity contribution in [2.75, 3.05) is 33.8 Å². The first-order valence-electron chi connectivity index (χ1n) is 8.32. The van der Waals surface area contributed by atoms with Crippen molar-refractivity contribution in [3.63, 3.8) is 0 Å². The molecule has 1 saturated heterocycles. The van der Waals surface area contributed by atoms with Gasteiger partial charge in [-0.15, -0.1) is 0 Å². The van der Waals surface area contributed by atoms with Gasteiger partial charge in [0.2, 0.25) is 5.91 Å². The topological polar surface area (TPSA) is 81.7 Å². The normalized spacial score (nSPS) is 20.6. The molecular weight excluding hydrogens is 320 g/mol. The molecule has 0 bridgehead atoms. The quantitative estimate of drug-likeness (QED) is 0.816. The van der Waals surface area contributed by atoms with Gasteiger partial charge >= 0.3 is 0 Å². The van der Waals surface area contributed by atoms with Crippen LogP contribution in [0.2, 0.25) is 0 Å². The molecule has 1 unspecified atom stereocenters. The molecule has 0 aliphatic carbocycles. The van der Waals surface area contributed by atoms with E-state index < -0.39 is 5.60 Å². The van der Waals surface area contributed by atoms with Crippen LogP contribution in [0.5, 0.6) is 5.75 Å². The number of amides is 1. The third-order valence-corrected chi connectivity index (χ3v) is 4.71. The second-order valence-corrected chi connectivity index (χ2v) is 6.52. The summed E-state index contributed by atoms with van der Waals surface area (Å²) >= 11 is 0. The Morgan fingerprint density at radius 3 is 2.96 bits per heavy atom. The van der Waals surface area contributed by atoms with Crippen molar-refractivity contribution in [2.24, 2.45) is 0 Å². The number of carbonyl (C=O) groups is 1. The molecule has 7 nitrogen and oxygen atoms in total. The van der Waals surface area contributed by atoms with E-state index in [1.807, 2.05) is 29.2 Å². The zero-order valence-corrected chi connectivity index (χ0v) is 14.6. The summed E-state index contributed by atoms with van der Waals surface area (Å²) in [6, 6.07) is 9.46. The number of H-pyrrole nitrogens is 1. The van der Waals surface area contributed by atoms with Gasteiger partial charge < -0.3 is 14.7 Å². The van der Waals surface area contributed by atoms with Crippen molar-refractivity contribution < 1.29 is 14.6 Å². The summed E-state index contributed by atoms with van der Waals surface area (Å²) in [5.74, 6) is 0.789.